The Morgan fingerprint density at radius 1 is 0.952 bits per heavy atom. The number of amides is 1. The zero-order chi connectivity index (χ0) is 15.6. The molecular formula is C14H10F3N3O. The van der Waals surface area contributed by atoms with Gasteiger partial charge in [0.1, 0.15) is 0 Å². The lowest BCUT2D eigenvalue weighted by Gasteiger charge is -2.08. The van der Waals surface area contributed by atoms with Crippen LogP contribution < -0.4 is 11.5 Å². The molecule has 0 heterocycles. The Labute approximate surface area is 117 Å². The molecule has 4 nitrogen and oxygen atoms in total. The molecule has 2 aromatic carbocycles. The molecule has 21 heavy (non-hydrogen) atoms. The van der Waals surface area contributed by atoms with E-state index in [4.69, 9.17) is 11.5 Å². The normalized spacial score (nSPS) is 10.2. The van der Waals surface area contributed by atoms with E-state index < -0.39 is 34.9 Å². The van der Waals surface area contributed by atoms with Gasteiger partial charge in [0.05, 0.1) is 5.56 Å². The van der Waals surface area contributed by atoms with Crippen LogP contribution in [0.25, 0.3) is 11.1 Å². The number of carbonyl (C=O) groups is 1. The van der Waals surface area contributed by atoms with Crippen LogP contribution in [0, 0.1) is 17.5 Å². The van der Waals surface area contributed by atoms with Gasteiger partial charge in [0.2, 0.25) is 0 Å². The van der Waals surface area contributed by atoms with Gasteiger partial charge in [-0.1, -0.05) is 30.3 Å². The van der Waals surface area contributed by atoms with Gasteiger partial charge in [0, 0.05) is 5.56 Å². The highest BCUT2D eigenvalue weighted by atomic mass is 19.2. The monoisotopic (exact) mass is 293 g/mol. The Kier molecular flexibility index (Phi) is 3.93. The predicted octanol–water partition coefficient (Wildman–Crippen LogP) is 2.18. The molecular weight excluding hydrogens is 283 g/mol. The largest absolute Gasteiger partial charge is 0.370 e. The number of halogens is 3. The minimum Gasteiger partial charge on any atom is -0.370 e. The highest BCUT2D eigenvalue weighted by Gasteiger charge is 2.23. The molecule has 0 bridgehead atoms. The van der Waals surface area contributed by atoms with Crippen molar-refractivity contribution in [3.63, 3.8) is 0 Å². The average Bonchev–Trinajstić information content (AvgIpc) is 2.45. The summed E-state index contributed by atoms with van der Waals surface area (Å²) in [6.07, 6.45) is 0. The number of guanidine groups is 1. The first kappa shape index (κ1) is 14.6. The Morgan fingerprint density at radius 3 is 2.14 bits per heavy atom. The summed E-state index contributed by atoms with van der Waals surface area (Å²) in [5.74, 6) is -6.58. The van der Waals surface area contributed by atoms with Gasteiger partial charge in [-0.05, 0) is 11.6 Å². The fourth-order valence-electron chi connectivity index (χ4n) is 1.76. The number of hydrogen-bond acceptors (Lipinski definition) is 1. The number of rotatable bonds is 2. The van der Waals surface area contributed by atoms with Crippen LogP contribution >= 0.6 is 0 Å². The molecule has 0 saturated carbocycles. The third-order valence-electron chi connectivity index (χ3n) is 2.69. The molecule has 2 rings (SSSR count). The highest BCUT2D eigenvalue weighted by Crippen LogP contribution is 2.28. The standard InChI is InChI=1S/C14H10F3N3O/c15-10-8(7-4-2-1-3-5-7)6-9(11(16)12(10)17)13(21)20-14(18)19/h1-6H,(H4,18,19,20,21). The van der Waals surface area contributed by atoms with Crippen molar-refractivity contribution in [2.24, 2.45) is 16.5 Å². The summed E-state index contributed by atoms with van der Waals surface area (Å²) in [5, 5.41) is 0. The quantitative estimate of drug-likeness (QED) is 0.506. The number of hydrogen-bond donors (Lipinski definition) is 2. The molecule has 0 radical (unpaired) electrons. The lowest BCUT2D eigenvalue weighted by atomic mass is 10.0. The van der Waals surface area contributed by atoms with Crippen molar-refractivity contribution in [1.82, 2.24) is 0 Å². The second kappa shape index (κ2) is 5.66. The summed E-state index contributed by atoms with van der Waals surface area (Å²) in [6.45, 7) is 0. The van der Waals surface area contributed by atoms with Crippen LogP contribution in [0.4, 0.5) is 13.2 Å². The molecule has 4 N–H and O–H groups in total. The molecule has 0 unspecified atom stereocenters. The molecule has 0 fully saturated rings. The molecule has 7 heteroatoms. The van der Waals surface area contributed by atoms with Crippen LogP contribution in [0.2, 0.25) is 0 Å². The van der Waals surface area contributed by atoms with E-state index in [2.05, 4.69) is 4.99 Å². The van der Waals surface area contributed by atoms with E-state index in [1.54, 1.807) is 18.2 Å². The van der Waals surface area contributed by atoms with Gasteiger partial charge in [-0.2, -0.15) is 4.99 Å². The lowest BCUT2D eigenvalue weighted by molar-refractivity contribution is 0.0997. The molecule has 0 aliphatic heterocycles. The highest BCUT2D eigenvalue weighted by molar-refractivity contribution is 6.02. The van der Waals surface area contributed by atoms with Crippen molar-refractivity contribution in [2.45, 2.75) is 0 Å². The van der Waals surface area contributed by atoms with Gasteiger partial charge < -0.3 is 11.5 Å². The van der Waals surface area contributed by atoms with Crippen LogP contribution in [-0.4, -0.2) is 11.9 Å². The maximum atomic E-state index is 13.8. The predicted molar refractivity (Wildman–Crippen MR) is 71.9 cm³/mol. The van der Waals surface area contributed by atoms with E-state index in [9.17, 15) is 18.0 Å². The van der Waals surface area contributed by atoms with Crippen molar-refractivity contribution < 1.29 is 18.0 Å². The average molecular weight is 293 g/mol. The topological polar surface area (TPSA) is 81.5 Å². The zero-order valence-corrected chi connectivity index (χ0v) is 10.6. The van der Waals surface area contributed by atoms with Crippen LogP contribution in [-0.2, 0) is 0 Å². The van der Waals surface area contributed by atoms with Crippen LogP contribution in [0.15, 0.2) is 41.4 Å². The van der Waals surface area contributed by atoms with E-state index in [0.717, 1.165) is 6.07 Å². The van der Waals surface area contributed by atoms with Gasteiger partial charge in [-0.3, -0.25) is 4.79 Å². The Morgan fingerprint density at radius 2 is 1.57 bits per heavy atom. The summed E-state index contributed by atoms with van der Waals surface area (Å²) in [5.41, 5.74) is 9.30. The number of nitrogens with zero attached hydrogens (tertiary/aromatic N) is 1. The number of nitrogens with two attached hydrogens (primary N) is 2. The summed E-state index contributed by atoms with van der Waals surface area (Å²) in [4.78, 5) is 14.8. The number of aliphatic imine (C=N–C) groups is 1. The fourth-order valence-corrected chi connectivity index (χ4v) is 1.76. The van der Waals surface area contributed by atoms with Crippen LogP contribution in [0.1, 0.15) is 10.4 Å². The molecule has 0 aromatic heterocycles. The van der Waals surface area contributed by atoms with Gasteiger partial charge in [-0.25, -0.2) is 13.2 Å². The summed E-state index contributed by atoms with van der Waals surface area (Å²) >= 11 is 0. The molecule has 1 amide bonds. The van der Waals surface area contributed by atoms with Gasteiger partial charge in [0.15, 0.2) is 23.4 Å². The molecule has 2 aromatic rings. The molecule has 0 aliphatic rings. The fraction of sp³-hybridized carbons (Fsp3) is 0. The van der Waals surface area contributed by atoms with Crippen LogP contribution in [0.5, 0.6) is 0 Å². The molecule has 0 aliphatic carbocycles. The summed E-state index contributed by atoms with van der Waals surface area (Å²) < 4.78 is 41.1. The maximum Gasteiger partial charge on any atom is 0.283 e. The van der Waals surface area contributed by atoms with E-state index in [0.29, 0.717) is 0 Å². The maximum absolute atomic E-state index is 13.8. The minimum atomic E-state index is -1.76. The van der Waals surface area contributed by atoms with E-state index in [-0.39, 0.29) is 11.1 Å². The number of benzene rings is 2. The Balaban J connectivity index is 2.67. The molecule has 0 atom stereocenters. The molecule has 0 saturated heterocycles. The molecule has 108 valence electrons. The van der Waals surface area contributed by atoms with Crippen LogP contribution in [0.3, 0.4) is 0 Å². The van der Waals surface area contributed by atoms with Crippen molar-refractivity contribution >= 4 is 11.9 Å². The zero-order valence-electron chi connectivity index (χ0n) is 10.6. The number of carbonyl (C=O) groups excluding carboxylic acids is 1. The Hall–Kier alpha value is -2.83. The first-order valence-electron chi connectivity index (χ1n) is 5.78. The molecule has 0 spiro atoms. The van der Waals surface area contributed by atoms with Crippen molar-refractivity contribution in [3.8, 4) is 11.1 Å². The second-order valence-corrected chi connectivity index (χ2v) is 4.12. The Bertz CT molecular complexity index is 726. The van der Waals surface area contributed by atoms with Gasteiger partial charge >= 0.3 is 0 Å². The van der Waals surface area contributed by atoms with E-state index >= 15 is 0 Å². The summed E-state index contributed by atoms with van der Waals surface area (Å²) in [7, 11) is 0. The first-order chi connectivity index (χ1) is 9.91. The minimum absolute atomic E-state index is 0.261. The van der Waals surface area contributed by atoms with Crippen molar-refractivity contribution in [3.05, 3.63) is 59.4 Å². The van der Waals surface area contributed by atoms with Gasteiger partial charge in [0.25, 0.3) is 5.91 Å². The first-order valence-corrected chi connectivity index (χ1v) is 5.78. The van der Waals surface area contributed by atoms with Crippen molar-refractivity contribution in [2.75, 3.05) is 0 Å². The third kappa shape index (κ3) is 2.86. The smallest absolute Gasteiger partial charge is 0.283 e. The third-order valence-corrected chi connectivity index (χ3v) is 2.69. The second-order valence-electron chi connectivity index (χ2n) is 4.12. The lowest BCUT2D eigenvalue weighted by Crippen LogP contribution is -2.24. The SMILES string of the molecule is NC(N)=NC(=O)c1cc(-c2ccccc2)c(F)c(F)c1F. The van der Waals surface area contributed by atoms with E-state index in [1.807, 2.05) is 0 Å². The van der Waals surface area contributed by atoms with E-state index in [1.165, 1.54) is 12.1 Å². The van der Waals surface area contributed by atoms with Crippen molar-refractivity contribution in [1.29, 1.82) is 0 Å². The summed E-state index contributed by atoms with van der Waals surface area (Å²) in [6, 6.07) is 8.71. The van der Waals surface area contributed by atoms with Gasteiger partial charge in [-0.15, -0.1) is 0 Å².